The number of benzene rings is 1. The molecule has 0 aliphatic rings. The number of hydrogen-bond acceptors (Lipinski definition) is 7. The molecule has 0 unspecified atom stereocenters. The molecular weight excluding hydrogens is 314 g/mol. The van der Waals surface area contributed by atoms with Gasteiger partial charge in [0.2, 0.25) is 0 Å². The van der Waals surface area contributed by atoms with Crippen LogP contribution in [0.15, 0.2) is 35.7 Å². The molecule has 3 rings (SSSR count). The van der Waals surface area contributed by atoms with Gasteiger partial charge in [-0.15, -0.1) is 11.3 Å². The SMILES string of the molecule is Cc1sc2ncnc(N/N=C\c3ccc([N+](=O)[O-])cc3)c2c1C. The molecule has 3 aromatic rings. The molecule has 0 saturated carbocycles. The lowest BCUT2D eigenvalue weighted by molar-refractivity contribution is -0.384. The van der Waals surface area contributed by atoms with Gasteiger partial charge in [0.1, 0.15) is 11.2 Å². The van der Waals surface area contributed by atoms with E-state index in [0.717, 1.165) is 21.3 Å². The lowest BCUT2D eigenvalue weighted by atomic mass is 10.2. The van der Waals surface area contributed by atoms with Gasteiger partial charge in [-0.25, -0.2) is 9.97 Å². The molecule has 0 spiro atoms. The molecule has 116 valence electrons. The van der Waals surface area contributed by atoms with Gasteiger partial charge < -0.3 is 0 Å². The van der Waals surface area contributed by atoms with Crippen LogP contribution < -0.4 is 5.43 Å². The molecule has 0 amide bonds. The molecule has 7 nitrogen and oxygen atoms in total. The van der Waals surface area contributed by atoms with Gasteiger partial charge in [-0.3, -0.25) is 15.5 Å². The van der Waals surface area contributed by atoms with E-state index in [1.54, 1.807) is 29.7 Å². The fraction of sp³-hybridized carbons (Fsp3) is 0.133. The number of anilines is 1. The lowest BCUT2D eigenvalue weighted by Gasteiger charge is -2.01. The summed E-state index contributed by atoms with van der Waals surface area (Å²) in [5, 5.41) is 15.7. The summed E-state index contributed by atoms with van der Waals surface area (Å²) in [6, 6.07) is 6.16. The van der Waals surface area contributed by atoms with Gasteiger partial charge >= 0.3 is 0 Å². The first-order chi connectivity index (χ1) is 11.1. The Labute approximate surface area is 135 Å². The number of aromatic nitrogens is 2. The zero-order chi connectivity index (χ0) is 16.4. The Balaban J connectivity index is 1.81. The van der Waals surface area contributed by atoms with Gasteiger partial charge in [0.15, 0.2) is 5.82 Å². The number of non-ortho nitro benzene ring substituents is 1. The molecule has 1 aromatic carbocycles. The molecule has 23 heavy (non-hydrogen) atoms. The van der Waals surface area contributed by atoms with Crippen molar-refractivity contribution in [1.29, 1.82) is 0 Å². The Morgan fingerprint density at radius 1 is 1.26 bits per heavy atom. The van der Waals surface area contributed by atoms with Crippen LogP contribution in [0.2, 0.25) is 0 Å². The van der Waals surface area contributed by atoms with Gasteiger partial charge in [-0.2, -0.15) is 5.10 Å². The third-order valence-electron chi connectivity index (χ3n) is 3.45. The largest absolute Gasteiger partial charge is 0.269 e. The highest BCUT2D eigenvalue weighted by molar-refractivity contribution is 7.18. The fourth-order valence-electron chi connectivity index (χ4n) is 2.12. The molecule has 0 saturated heterocycles. The van der Waals surface area contributed by atoms with E-state index in [1.165, 1.54) is 23.3 Å². The summed E-state index contributed by atoms with van der Waals surface area (Å²) < 4.78 is 0. The first-order valence-electron chi connectivity index (χ1n) is 6.80. The topological polar surface area (TPSA) is 93.3 Å². The summed E-state index contributed by atoms with van der Waals surface area (Å²) in [5.41, 5.74) is 4.87. The number of hydrogen-bond donors (Lipinski definition) is 1. The third-order valence-corrected chi connectivity index (χ3v) is 4.57. The van der Waals surface area contributed by atoms with Crippen LogP contribution in [0.25, 0.3) is 10.2 Å². The fourth-order valence-corrected chi connectivity index (χ4v) is 3.11. The molecule has 0 radical (unpaired) electrons. The maximum absolute atomic E-state index is 10.6. The maximum Gasteiger partial charge on any atom is 0.269 e. The maximum atomic E-state index is 10.6. The Kier molecular flexibility index (Phi) is 3.98. The smallest absolute Gasteiger partial charge is 0.261 e. The van der Waals surface area contributed by atoms with Crippen LogP contribution in [0.4, 0.5) is 11.5 Å². The van der Waals surface area contributed by atoms with Crippen molar-refractivity contribution in [1.82, 2.24) is 9.97 Å². The zero-order valence-electron chi connectivity index (χ0n) is 12.5. The molecule has 0 aliphatic heterocycles. The Morgan fingerprint density at radius 3 is 2.70 bits per heavy atom. The van der Waals surface area contributed by atoms with E-state index in [-0.39, 0.29) is 5.69 Å². The number of nitrogens with one attached hydrogen (secondary N) is 1. The highest BCUT2D eigenvalue weighted by Gasteiger charge is 2.11. The molecule has 0 aliphatic carbocycles. The number of nitrogens with zero attached hydrogens (tertiary/aromatic N) is 4. The van der Waals surface area contributed by atoms with Gasteiger partial charge in [0.05, 0.1) is 16.5 Å². The Bertz CT molecular complexity index is 902. The minimum atomic E-state index is -0.432. The molecule has 2 heterocycles. The number of fused-ring (bicyclic) bond motifs is 1. The van der Waals surface area contributed by atoms with E-state index >= 15 is 0 Å². The van der Waals surface area contributed by atoms with E-state index < -0.39 is 4.92 Å². The molecular formula is C15H13N5O2S. The highest BCUT2D eigenvalue weighted by atomic mass is 32.1. The second-order valence-corrected chi connectivity index (χ2v) is 6.11. The van der Waals surface area contributed by atoms with Crippen molar-refractivity contribution < 1.29 is 4.92 Å². The quantitative estimate of drug-likeness (QED) is 0.448. The molecule has 0 atom stereocenters. The second-order valence-electron chi connectivity index (χ2n) is 4.90. The third kappa shape index (κ3) is 3.02. The van der Waals surface area contributed by atoms with Crippen LogP contribution in [0.5, 0.6) is 0 Å². The van der Waals surface area contributed by atoms with E-state index in [0.29, 0.717) is 5.82 Å². The van der Waals surface area contributed by atoms with Gasteiger partial charge in [0.25, 0.3) is 5.69 Å². The predicted molar refractivity (Wildman–Crippen MR) is 91.2 cm³/mol. The lowest BCUT2D eigenvalue weighted by Crippen LogP contribution is -1.95. The van der Waals surface area contributed by atoms with E-state index in [2.05, 4.69) is 20.5 Å². The van der Waals surface area contributed by atoms with Crippen LogP contribution >= 0.6 is 11.3 Å². The molecule has 0 fully saturated rings. The highest BCUT2D eigenvalue weighted by Crippen LogP contribution is 2.32. The molecule has 8 heteroatoms. The Hall–Kier alpha value is -2.87. The average molecular weight is 327 g/mol. The summed E-state index contributed by atoms with van der Waals surface area (Å²) in [6.07, 6.45) is 3.09. The van der Waals surface area contributed by atoms with E-state index in [4.69, 9.17) is 0 Å². The van der Waals surface area contributed by atoms with Crippen molar-refractivity contribution in [3.8, 4) is 0 Å². The van der Waals surface area contributed by atoms with Crippen molar-refractivity contribution in [2.45, 2.75) is 13.8 Å². The van der Waals surface area contributed by atoms with Gasteiger partial charge in [-0.05, 0) is 37.1 Å². The normalized spacial score (nSPS) is 11.2. The minimum Gasteiger partial charge on any atom is -0.261 e. The zero-order valence-corrected chi connectivity index (χ0v) is 13.3. The van der Waals surface area contributed by atoms with Crippen molar-refractivity contribution >= 4 is 39.3 Å². The second kappa shape index (κ2) is 6.09. The minimum absolute atomic E-state index is 0.0528. The van der Waals surface area contributed by atoms with Gasteiger partial charge in [-0.1, -0.05) is 0 Å². The van der Waals surface area contributed by atoms with Crippen LogP contribution in [-0.4, -0.2) is 21.1 Å². The van der Waals surface area contributed by atoms with Crippen molar-refractivity contribution in [3.05, 3.63) is 56.7 Å². The summed E-state index contributed by atoms with van der Waals surface area (Å²) in [4.78, 5) is 20.8. The number of nitro groups is 1. The number of hydrazone groups is 1. The van der Waals surface area contributed by atoms with Crippen molar-refractivity contribution in [2.75, 3.05) is 5.43 Å². The van der Waals surface area contributed by atoms with Crippen LogP contribution in [0, 0.1) is 24.0 Å². The van der Waals surface area contributed by atoms with Crippen LogP contribution in [0.1, 0.15) is 16.0 Å². The van der Waals surface area contributed by atoms with Crippen LogP contribution in [0.3, 0.4) is 0 Å². The molecule has 1 N–H and O–H groups in total. The van der Waals surface area contributed by atoms with E-state index in [1.807, 2.05) is 13.8 Å². The summed E-state index contributed by atoms with van der Waals surface area (Å²) in [6.45, 7) is 4.08. The average Bonchev–Trinajstić information content (AvgIpc) is 2.83. The van der Waals surface area contributed by atoms with Crippen molar-refractivity contribution in [2.24, 2.45) is 5.10 Å². The molecule has 2 aromatic heterocycles. The number of thiophene rings is 1. The first kappa shape index (κ1) is 15.0. The number of nitro benzene ring substituents is 1. The van der Waals surface area contributed by atoms with Crippen LogP contribution in [-0.2, 0) is 0 Å². The predicted octanol–water partition coefficient (Wildman–Crippen LogP) is 3.66. The summed E-state index contributed by atoms with van der Waals surface area (Å²) in [5.74, 6) is 0.648. The van der Waals surface area contributed by atoms with Gasteiger partial charge in [0, 0.05) is 17.0 Å². The Morgan fingerprint density at radius 2 is 2.00 bits per heavy atom. The van der Waals surface area contributed by atoms with Crippen molar-refractivity contribution in [3.63, 3.8) is 0 Å². The summed E-state index contributed by atoms with van der Waals surface area (Å²) in [7, 11) is 0. The standard InChI is InChI=1S/C15H13N5O2S/c1-9-10(2)23-15-13(9)14(16-8-17-15)19-18-7-11-3-5-12(6-4-11)20(21)22/h3-8H,1-2H3,(H,16,17,19)/b18-7-. The monoisotopic (exact) mass is 327 g/mol. The summed E-state index contributed by atoms with van der Waals surface area (Å²) >= 11 is 1.62. The van der Waals surface area contributed by atoms with E-state index in [9.17, 15) is 10.1 Å². The number of aryl methyl sites for hydroxylation is 2. The first-order valence-corrected chi connectivity index (χ1v) is 7.62. The number of rotatable bonds is 4. The molecule has 0 bridgehead atoms.